The number of phenolic OH excluding ortho intramolecular Hbond substituents is 1. The summed E-state index contributed by atoms with van der Waals surface area (Å²) in [5.74, 6) is -4.83. The number of benzene rings is 3. The molecule has 2 heterocycles. The minimum absolute atomic E-state index is 0.0919. The number of amides is 4. The number of fused-ring (bicyclic) bond motifs is 5. The molecule has 4 aliphatic rings. The van der Waals surface area contributed by atoms with Gasteiger partial charge in [0.1, 0.15) is 11.6 Å². The van der Waals surface area contributed by atoms with Gasteiger partial charge in [0, 0.05) is 17.8 Å². The second-order valence-electron chi connectivity index (χ2n) is 12.3. The molecule has 2 aliphatic carbocycles. The number of imide groups is 2. The molecule has 2 saturated heterocycles. The van der Waals surface area contributed by atoms with E-state index >= 15 is 0 Å². The molecule has 3 aromatic rings. The van der Waals surface area contributed by atoms with Crippen LogP contribution in [0.5, 0.6) is 5.75 Å². The number of likely N-dealkylation sites (tertiary alicyclic amines) is 1. The number of aromatic hydroxyl groups is 1. The first kappa shape index (κ1) is 27.8. The summed E-state index contributed by atoms with van der Waals surface area (Å²) in [6.45, 7) is 4.06. The lowest BCUT2D eigenvalue weighted by atomic mass is 9.51. The van der Waals surface area contributed by atoms with Crippen molar-refractivity contribution >= 4 is 51.7 Å². The molecule has 7 rings (SSSR count). The highest BCUT2D eigenvalue weighted by Crippen LogP contribution is 2.64. The molecule has 1 saturated carbocycles. The fourth-order valence-corrected chi connectivity index (χ4v) is 8.47. The van der Waals surface area contributed by atoms with Gasteiger partial charge in [-0.05, 0) is 67.3 Å². The molecule has 2 aliphatic heterocycles. The average Bonchev–Trinajstić information content (AvgIpc) is 3.35. The van der Waals surface area contributed by atoms with Gasteiger partial charge in [-0.15, -0.1) is 0 Å². The Balaban J connectivity index is 1.44. The van der Waals surface area contributed by atoms with Crippen LogP contribution in [0.3, 0.4) is 0 Å². The van der Waals surface area contributed by atoms with Gasteiger partial charge in [-0.3, -0.25) is 24.1 Å². The van der Waals surface area contributed by atoms with E-state index in [-0.39, 0.29) is 34.7 Å². The molecule has 9 heteroatoms. The second kappa shape index (κ2) is 9.74. The maximum Gasteiger partial charge on any atom is 0.241 e. The zero-order chi connectivity index (χ0) is 30.4. The number of anilines is 1. The summed E-state index contributed by atoms with van der Waals surface area (Å²) in [4.78, 5) is 58.5. The summed E-state index contributed by atoms with van der Waals surface area (Å²) in [5.41, 5.74) is 0.553. The van der Waals surface area contributed by atoms with Crippen LogP contribution in [0.2, 0.25) is 5.02 Å². The molecular weight excluding hydrogens is 571 g/mol. The Morgan fingerprint density at radius 2 is 1.72 bits per heavy atom. The van der Waals surface area contributed by atoms with Gasteiger partial charge < -0.3 is 5.11 Å². The topological polar surface area (TPSA) is 95.0 Å². The molecule has 0 bridgehead atoms. The predicted molar refractivity (Wildman–Crippen MR) is 159 cm³/mol. The molecule has 0 radical (unpaired) electrons. The van der Waals surface area contributed by atoms with Crippen LogP contribution in [0.4, 0.5) is 10.1 Å². The zero-order valence-electron chi connectivity index (χ0n) is 23.7. The van der Waals surface area contributed by atoms with Gasteiger partial charge in [0.25, 0.3) is 0 Å². The molecule has 6 atom stereocenters. The first-order chi connectivity index (χ1) is 20.6. The summed E-state index contributed by atoms with van der Waals surface area (Å²) in [7, 11) is 0. The summed E-state index contributed by atoms with van der Waals surface area (Å²) >= 11 is 6.08. The van der Waals surface area contributed by atoms with Crippen LogP contribution in [0.1, 0.15) is 44.6 Å². The van der Waals surface area contributed by atoms with Crippen LogP contribution in [0.15, 0.2) is 66.2 Å². The molecule has 220 valence electrons. The Morgan fingerprint density at radius 3 is 2.44 bits per heavy atom. The lowest BCUT2D eigenvalue weighted by Gasteiger charge is -2.49. The SMILES string of the molecule is CCCN1C(=O)C2CC=C3C(CC4C(=O)N(c5ccc(F)c(Cl)c5)C(=O)C4(C)C3c3ccc(O)c4ccccc34)C2C1=O. The Bertz CT molecular complexity index is 1790. The monoisotopic (exact) mass is 600 g/mol. The van der Waals surface area contributed by atoms with Crippen molar-refractivity contribution in [2.45, 2.75) is 39.0 Å². The van der Waals surface area contributed by atoms with Crippen molar-refractivity contribution in [3.63, 3.8) is 0 Å². The largest absolute Gasteiger partial charge is 0.507 e. The first-order valence-corrected chi connectivity index (χ1v) is 15.1. The highest BCUT2D eigenvalue weighted by molar-refractivity contribution is 6.31. The normalized spacial score (nSPS) is 30.0. The fraction of sp³-hybridized carbons (Fsp3) is 0.353. The van der Waals surface area contributed by atoms with Crippen molar-refractivity contribution in [1.82, 2.24) is 4.90 Å². The summed E-state index contributed by atoms with van der Waals surface area (Å²) in [6.07, 6.45) is 3.25. The molecule has 0 aromatic heterocycles. The number of hydrogen-bond acceptors (Lipinski definition) is 5. The van der Waals surface area contributed by atoms with E-state index in [0.29, 0.717) is 24.8 Å². The van der Waals surface area contributed by atoms with E-state index < -0.39 is 52.6 Å². The quantitative estimate of drug-likeness (QED) is 0.294. The maximum atomic E-state index is 14.6. The van der Waals surface area contributed by atoms with Gasteiger partial charge in [-0.1, -0.05) is 60.5 Å². The Hall–Kier alpha value is -4.04. The zero-order valence-corrected chi connectivity index (χ0v) is 24.5. The number of rotatable bonds is 4. The minimum Gasteiger partial charge on any atom is -0.507 e. The lowest BCUT2D eigenvalue weighted by molar-refractivity contribution is -0.140. The third-order valence-electron chi connectivity index (χ3n) is 10.2. The van der Waals surface area contributed by atoms with Crippen LogP contribution in [-0.2, 0) is 19.2 Å². The van der Waals surface area contributed by atoms with Gasteiger partial charge in [0.2, 0.25) is 23.6 Å². The van der Waals surface area contributed by atoms with Crippen LogP contribution >= 0.6 is 11.6 Å². The highest BCUT2D eigenvalue weighted by atomic mass is 35.5. The summed E-state index contributed by atoms with van der Waals surface area (Å²) in [6, 6.07) is 14.5. The Morgan fingerprint density at radius 1 is 0.977 bits per heavy atom. The second-order valence-corrected chi connectivity index (χ2v) is 12.7. The fourth-order valence-electron chi connectivity index (χ4n) is 8.30. The van der Waals surface area contributed by atoms with Crippen LogP contribution in [0, 0.1) is 34.9 Å². The third kappa shape index (κ3) is 3.71. The average molecular weight is 601 g/mol. The molecule has 43 heavy (non-hydrogen) atoms. The number of nitrogens with zero attached hydrogens (tertiary/aromatic N) is 2. The van der Waals surface area contributed by atoms with E-state index in [1.54, 1.807) is 25.1 Å². The number of halogens is 2. The van der Waals surface area contributed by atoms with Crippen molar-refractivity contribution in [3.8, 4) is 5.75 Å². The number of hydrogen-bond donors (Lipinski definition) is 1. The molecule has 1 N–H and O–H groups in total. The summed E-state index contributed by atoms with van der Waals surface area (Å²) < 4.78 is 14.1. The van der Waals surface area contributed by atoms with E-state index in [2.05, 4.69) is 0 Å². The molecule has 6 unspecified atom stereocenters. The number of allylic oxidation sites excluding steroid dienone is 2. The number of carbonyl (C=O) groups is 4. The smallest absolute Gasteiger partial charge is 0.241 e. The molecule has 7 nitrogen and oxygen atoms in total. The van der Waals surface area contributed by atoms with Crippen molar-refractivity contribution < 1.29 is 28.7 Å². The molecular formula is C34H30ClFN2O5. The van der Waals surface area contributed by atoms with Gasteiger partial charge in [-0.25, -0.2) is 9.29 Å². The Labute approximate surface area is 252 Å². The van der Waals surface area contributed by atoms with Gasteiger partial charge in [0.15, 0.2) is 0 Å². The van der Waals surface area contributed by atoms with Crippen molar-refractivity contribution in [1.29, 1.82) is 0 Å². The lowest BCUT2D eigenvalue weighted by Crippen LogP contribution is -2.49. The van der Waals surface area contributed by atoms with E-state index in [9.17, 15) is 28.7 Å². The highest BCUT2D eigenvalue weighted by Gasteiger charge is 2.67. The summed E-state index contributed by atoms with van der Waals surface area (Å²) in [5, 5.41) is 11.8. The van der Waals surface area contributed by atoms with E-state index in [1.165, 1.54) is 17.0 Å². The van der Waals surface area contributed by atoms with Crippen LogP contribution in [0.25, 0.3) is 10.8 Å². The minimum atomic E-state index is -1.26. The molecule has 3 fully saturated rings. The maximum absolute atomic E-state index is 14.6. The molecule has 4 amide bonds. The first-order valence-electron chi connectivity index (χ1n) is 14.7. The van der Waals surface area contributed by atoms with E-state index in [0.717, 1.165) is 27.5 Å². The van der Waals surface area contributed by atoms with Crippen molar-refractivity contribution in [3.05, 3.63) is 82.6 Å². The predicted octanol–water partition coefficient (Wildman–Crippen LogP) is 5.98. The van der Waals surface area contributed by atoms with Crippen molar-refractivity contribution in [2.24, 2.45) is 29.1 Å². The van der Waals surface area contributed by atoms with E-state index in [4.69, 9.17) is 11.6 Å². The Kier molecular flexibility index (Phi) is 6.29. The standard InChI is InChI=1S/C34H30ClFN2O5/c1-3-14-37-30(40)22-10-9-21-23(28(22)32(37)42)16-24-31(41)38(17-8-12-26(36)25(35)15-17)33(43)34(24,2)29(21)20-11-13-27(39)19-7-5-4-6-18(19)20/h4-9,11-13,15,22-24,28-29,39H,3,10,14,16H2,1-2H3. The van der Waals surface area contributed by atoms with Crippen LogP contribution in [-0.4, -0.2) is 40.2 Å². The van der Waals surface area contributed by atoms with Gasteiger partial charge in [0.05, 0.1) is 33.9 Å². The van der Waals surface area contributed by atoms with Gasteiger partial charge >= 0.3 is 0 Å². The molecule has 3 aromatic carbocycles. The van der Waals surface area contributed by atoms with Crippen LogP contribution < -0.4 is 4.90 Å². The third-order valence-corrected chi connectivity index (χ3v) is 10.5. The van der Waals surface area contributed by atoms with E-state index in [1.807, 2.05) is 31.2 Å². The van der Waals surface area contributed by atoms with Crippen molar-refractivity contribution in [2.75, 3.05) is 11.4 Å². The number of carbonyl (C=O) groups excluding carboxylic acids is 4. The number of phenols is 1. The van der Waals surface area contributed by atoms with Gasteiger partial charge in [-0.2, -0.15) is 0 Å². The molecule has 0 spiro atoms.